The number of halogens is 1. The molecule has 0 saturated heterocycles. The largest absolute Gasteiger partial charge is 0.496 e. The maximum atomic E-state index is 6.09. The molecule has 4 heteroatoms. The van der Waals surface area contributed by atoms with Crippen LogP contribution >= 0.6 is 12.4 Å². The number of fused-ring (bicyclic) bond motifs is 1. The van der Waals surface area contributed by atoms with Crippen molar-refractivity contribution < 1.29 is 9.47 Å². The quantitative estimate of drug-likeness (QED) is 0.945. The number of nitrogens with two attached hydrogens (primary N) is 1. The minimum absolute atomic E-state index is 0. The third kappa shape index (κ3) is 2.99. The van der Waals surface area contributed by atoms with Gasteiger partial charge in [-0.05, 0) is 24.5 Å². The van der Waals surface area contributed by atoms with Gasteiger partial charge in [-0.1, -0.05) is 36.4 Å². The lowest BCUT2D eigenvalue weighted by Gasteiger charge is -2.27. The van der Waals surface area contributed by atoms with Crippen LogP contribution in [0.5, 0.6) is 11.5 Å². The highest BCUT2D eigenvalue weighted by molar-refractivity contribution is 5.85. The molecule has 0 unspecified atom stereocenters. The fourth-order valence-corrected chi connectivity index (χ4v) is 2.71. The van der Waals surface area contributed by atoms with Crippen molar-refractivity contribution in [3.05, 3.63) is 48.0 Å². The van der Waals surface area contributed by atoms with Gasteiger partial charge in [-0.2, -0.15) is 0 Å². The van der Waals surface area contributed by atoms with Gasteiger partial charge in [0.25, 0.3) is 0 Å². The van der Waals surface area contributed by atoms with E-state index >= 15 is 0 Å². The Morgan fingerprint density at radius 1 is 1.14 bits per heavy atom. The van der Waals surface area contributed by atoms with Crippen LogP contribution in [-0.4, -0.2) is 19.8 Å². The molecule has 0 saturated carbocycles. The van der Waals surface area contributed by atoms with Gasteiger partial charge in [0.2, 0.25) is 0 Å². The molecule has 1 heterocycles. The van der Waals surface area contributed by atoms with Gasteiger partial charge in [0.15, 0.2) is 0 Å². The Morgan fingerprint density at radius 3 is 2.67 bits per heavy atom. The number of aryl methyl sites for hydroxylation is 1. The summed E-state index contributed by atoms with van der Waals surface area (Å²) < 4.78 is 11.5. The van der Waals surface area contributed by atoms with Gasteiger partial charge < -0.3 is 15.2 Å². The first-order chi connectivity index (χ1) is 9.83. The first kappa shape index (κ1) is 15.7. The molecule has 2 aromatic carbocycles. The van der Waals surface area contributed by atoms with E-state index in [9.17, 15) is 0 Å². The molecule has 2 aromatic rings. The standard InChI is InChI=1S/C17H19NO2.ClH/c1-19-16-8-3-2-6-14(16)15-7-4-5-12-9-10-13(11-18)20-17(12)15;/h2-8,13H,9-11,18H2,1H3;1H/t13-;/m0./s1. The van der Waals surface area contributed by atoms with Crippen LogP contribution in [0.4, 0.5) is 0 Å². The van der Waals surface area contributed by atoms with Crippen molar-refractivity contribution in [3.8, 4) is 22.6 Å². The second-order valence-electron chi connectivity index (χ2n) is 5.01. The zero-order valence-corrected chi connectivity index (χ0v) is 12.9. The van der Waals surface area contributed by atoms with Crippen LogP contribution in [0.1, 0.15) is 12.0 Å². The zero-order chi connectivity index (χ0) is 13.9. The summed E-state index contributed by atoms with van der Waals surface area (Å²) in [6.45, 7) is 0.555. The van der Waals surface area contributed by atoms with Gasteiger partial charge in [0.05, 0.1) is 7.11 Å². The lowest BCUT2D eigenvalue weighted by molar-refractivity contribution is 0.182. The van der Waals surface area contributed by atoms with Crippen LogP contribution in [0, 0.1) is 0 Å². The zero-order valence-electron chi connectivity index (χ0n) is 12.0. The van der Waals surface area contributed by atoms with Crippen molar-refractivity contribution in [1.82, 2.24) is 0 Å². The van der Waals surface area contributed by atoms with Crippen molar-refractivity contribution in [3.63, 3.8) is 0 Å². The van der Waals surface area contributed by atoms with Crippen LogP contribution in [0.3, 0.4) is 0 Å². The SMILES string of the molecule is COc1ccccc1-c1cccc2c1O[C@H](CN)CC2.Cl. The van der Waals surface area contributed by atoms with Crippen molar-refractivity contribution >= 4 is 12.4 Å². The third-order valence-electron chi connectivity index (χ3n) is 3.78. The molecule has 21 heavy (non-hydrogen) atoms. The topological polar surface area (TPSA) is 44.5 Å². The Balaban J connectivity index is 0.00000161. The fraction of sp³-hybridized carbons (Fsp3) is 0.294. The Hall–Kier alpha value is -1.71. The number of para-hydroxylation sites is 2. The van der Waals surface area contributed by atoms with Gasteiger partial charge in [0, 0.05) is 17.7 Å². The lowest BCUT2D eigenvalue weighted by atomic mass is 9.95. The van der Waals surface area contributed by atoms with E-state index in [2.05, 4.69) is 24.3 Å². The van der Waals surface area contributed by atoms with E-state index in [1.165, 1.54) is 5.56 Å². The number of benzene rings is 2. The Labute approximate surface area is 131 Å². The van der Waals surface area contributed by atoms with E-state index in [1.54, 1.807) is 7.11 Å². The number of hydrogen-bond donors (Lipinski definition) is 1. The maximum Gasteiger partial charge on any atom is 0.130 e. The lowest BCUT2D eigenvalue weighted by Crippen LogP contribution is -2.30. The smallest absolute Gasteiger partial charge is 0.130 e. The summed E-state index contributed by atoms with van der Waals surface area (Å²) in [4.78, 5) is 0. The summed E-state index contributed by atoms with van der Waals surface area (Å²) >= 11 is 0. The third-order valence-corrected chi connectivity index (χ3v) is 3.78. The van der Waals surface area contributed by atoms with Crippen molar-refractivity contribution in [2.24, 2.45) is 5.73 Å². The molecule has 1 atom stereocenters. The van der Waals surface area contributed by atoms with E-state index in [0.717, 1.165) is 35.5 Å². The molecule has 0 fully saturated rings. The van der Waals surface area contributed by atoms with E-state index in [-0.39, 0.29) is 18.5 Å². The van der Waals surface area contributed by atoms with Crippen molar-refractivity contribution in [1.29, 1.82) is 0 Å². The molecule has 0 amide bonds. The van der Waals surface area contributed by atoms with Crippen LogP contribution in [0.25, 0.3) is 11.1 Å². The monoisotopic (exact) mass is 305 g/mol. The molecule has 3 rings (SSSR count). The summed E-state index contributed by atoms with van der Waals surface area (Å²) in [5, 5.41) is 0. The van der Waals surface area contributed by atoms with Gasteiger partial charge in [-0.15, -0.1) is 12.4 Å². The normalized spacial score (nSPS) is 16.4. The first-order valence-electron chi connectivity index (χ1n) is 6.95. The van der Waals surface area contributed by atoms with Gasteiger partial charge in [-0.25, -0.2) is 0 Å². The predicted molar refractivity (Wildman–Crippen MR) is 87.5 cm³/mol. The number of hydrogen-bond acceptors (Lipinski definition) is 3. The van der Waals surface area contributed by atoms with Gasteiger partial charge >= 0.3 is 0 Å². The highest BCUT2D eigenvalue weighted by Gasteiger charge is 2.22. The highest BCUT2D eigenvalue weighted by atomic mass is 35.5. The van der Waals surface area contributed by atoms with Crippen LogP contribution in [-0.2, 0) is 6.42 Å². The molecule has 0 bridgehead atoms. The molecular formula is C17H20ClNO2. The minimum atomic E-state index is 0. The van der Waals surface area contributed by atoms with E-state index in [0.29, 0.717) is 6.54 Å². The number of methoxy groups -OCH3 is 1. The van der Waals surface area contributed by atoms with E-state index < -0.39 is 0 Å². The molecule has 112 valence electrons. The van der Waals surface area contributed by atoms with Gasteiger partial charge in [-0.3, -0.25) is 0 Å². The van der Waals surface area contributed by atoms with Crippen LogP contribution in [0.15, 0.2) is 42.5 Å². The summed E-state index contributed by atoms with van der Waals surface area (Å²) in [7, 11) is 1.69. The molecular weight excluding hydrogens is 286 g/mol. The molecule has 3 nitrogen and oxygen atoms in total. The van der Waals surface area contributed by atoms with Gasteiger partial charge in [0.1, 0.15) is 17.6 Å². The maximum absolute atomic E-state index is 6.09. The summed E-state index contributed by atoms with van der Waals surface area (Å²) in [6, 6.07) is 14.3. The van der Waals surface area contributed by atoms with Crippen molar-refractivity contribution in [2.45, 2.75) is 18.9 Å². The molecule has 0 spiro atoms. The van der Waals surface area contributed by atoms with Crippen molar-refractivity contribution in [2.75, 3.05) is 13.7 Å². The number of ether oxygens (including phenoxy) is 2. The second-order valence-corrected chi connectivity index (χ2v) is 5.01. The number of rotatable bonds is 3. The Morgan fingerprint density at radius 2 is 1.90 bits per heavy atom. The predicted octanol–water partition coefficient (Wildman–Crippen LogP) is 3.44. The van der Waals surface area contributed by atoms with E-state index in [4.69, 9.17) is 15.2 Å². The molecule has 1 aliphatic rings. The molecule has 1 aliphatic heterocycles. The van der Waals surface area contributed by atoms with Crippen LogP contribution < -0.4 is 15.2 Å². The summed E-state index contributed by atoms with van der Waals surface area (Å²) in [5.41, 5.74) is 9.15. The Kier molecular flexibility index (Phi) is 5.10. The van der Waals surface area contributed by atoms with Crippen LogP contribution in [0.2, 0.25) is 0 Å². The molecule has 0 aromatic heterocycles. The van der Waals surface area contributed by atoms with E-state index in [1.807, 2.05) is 18.2 Å². The summed E-state index contributed by atoms with van der Waals surface area (Å²) in [6.07, 6.45) is 2.11. The Bertz CT molecular complexity index is 615. The second kappa shape index (κ2) is 6.83. The molecule has 0 radical (unpaired) electrons. The summed E-state index contributed by atoms with van der Waals surface area (Å²) in [5.74, 6) is 1.82. The highest BCUT2D eigenvalue weighted by Crippen LogP contribution is 2.41. The average molecular weight is 306 g/mol. The fourth-order valence-electron chi connectivity index (χ4n) is 2.71. The first-order valence-corrected chi connectivity index (χ1v) is 6.95. The minimum Gasteiger partial charge on any atom is -0.496 e. The molecule has 2 N–H and O–H groups in total. The molecule has 0 aliphatic carbocycles. The average Bonchev–Trinajstić information content (AvgIpc) is 2.53.